The summed E-state index contributed by atoms with van der Waals surface area (Å²) in [6.07, 6.45) is 6.40. The lowest BCUT2D eigenvalue weighted by molar-refractivity contribution is 0.519. The molecule has 1 aromatic heterocycles. The van der Waals surface area contributed by atoms with Gasteiger partial charge in [-0.2, -0.15) is 11.8 Å². The van der Waals surface area contributed by atoms with Crippen molar-refractivity contribution in [2.24, 2.45) is 0 Å². The van der Waals surface area contributed by atoms with Crippen molar-refractivity contribution in [3.63, 3.8) is 0 Å². The van der Waals surface area contributed by atoms with E-state index in [2.05, 4.69) is 28.9 Å². The molecule has 0 amide bonds. The molecular weight excluding hydrogens is 212 g/mol. The Kier molecular flexibility index (Phi) is 6.23. The molecule has 0 saturated heterocycles. The maximum absolute atomic E-state index is 4.37. The predicted molar refractivity (Wildman–Crippen MR) is 66.1 cm³/mol. The van der Waals surface area contributed by atoms with Gasteiger partial charge in [-0.15, -0.1) is 11.3 Å². The lowest BCUT2D eigenvalue weighted by atomic mass is 10.2. The van der Waals surface area contributed by atoms with Crippen LogP contribution < -0.4 is 5.32 Å². The van der Waals surface area contributed by atoms with Crippen LogP contribution in [0.2, 0.25) is 0 Å². The van der Waals surface area contributed by atoms with Gasteiger partial charge in [0.1, 0.15) is 5.01 Å². The van der Waals surface area contributed by atoms with E-state index in [1.807, 2.05) is 18.0 Å². The first-order valence-electron chi connectivity index (χ1n) is 5.00. The highest BCUT2D eigenvalue weighted by Gasteiger charge is 2.11. The van der Waals surface area contributed by atoms with Crippen LogP contribution in [0.1, 0.15) is 30.8 Å². The summed E-state index contributed by atoms with van der Waals surface area (Å²) in [5.74, 6) is 1.20. The molecule has 0 bridgehead atoms. The van der Waals surface area contributed by atoms with Gasteiger partial charge in [0.2, 0.25) is 0 Å². The third-order valence-corrected chi connectivity index (χ3v) is 3.53. The van der Waals surface area contributed by atoms with Crippen LogP contribution in [0.4, 0.5) is 0 Å². The summed E-state index contributed by atoms with van der Waals surface area (Å²) in [5.41, 5.74) is 0. The largest absolute Gasteiger partial charge is 0.308 e. The van der Waals surface area contributed by atoms with Crippen LogP contribution in [0.5, 0.6) is 0 Å². The van der Waals surface area contributed by atoms with Crippen molar-refractivity contribution < 1.29 is 0 Å². The maximum atomic E-state index is 4.37. The Morgan fingerprint density at radius 2 is 2.50 bits per heavy atom. The molecule has 0 saturated carbocycles. The number of aromatic nitrogens is 1. The highest BCUT2D eigenvalue weighted by atomic mass is 32.2. The zero-order valence-corrected chi connectivity index (χ0v) is 10.5. The minimum absolute atomic E-state index is 0.461. The van der Waals surface area contributed by atoms with Crippen molar-refractivity contribution >= 4 is 23.1 Å². The molecule has 1 aromatic rings. The fourth-order valence-electron chi connectivity index (χ4n) is 1.27. The summed E-state index contributed by atoms with van der Waals surface area (Å²) < 4.78 is 0. The van der Waals surface area contributed by atoms with Crippen molar-refractivity contribution in [1.82, 2.24) is 10.3 Å². The van der Waals surface area contributed by atoms with E-state index in [4.69, 9.17) is 0 Å². The average molecular weight is 230 g/mol. The Bertz CT molecular complexity index is 216. The van der Waals surface area contributed by atoms with E-state index < -0.39 is 0 Å². The first kappa shape index (κ1) is 12.0. The third kappa shape index (κ3) is 3.98. The summed E-state index contributed by atoms with van der Waals surface area (Å²) in [7, 11) is 0. The van der Waals surface area contributed by atoms with Crippen molar-refractivity contribution in [2.45, 2.75) is 25.8 Å². The topological polar surface area (TPSA) is 24.9 Å². The highest BCUT2D eigenvalue weighted by molar-refractivity contribution is 7.98. The van der Waals surface area contributed by atoms with E-state index in [0.29, 0.717) is 6.04 Å². The van der Waals surface area contributed by atoms with Crippen molar-refractivity contribution in [3.05, 3.63) is 16.6 Å². The zero-order valence-electron chi connectivity index (χ0n) is 8.82. The lowest BCUT2D eigenvalue weighted by Gasteiger charge is -2.15. The summed E-state index contributed by atoms with van der Waals surface area (Å²) >= 11 is 3.65. The quantitative estimate of drug-likeness (QED) is 0.779. The Morgan fingerprint density at radius 3 is 3.07 bits per heavy atom. The number of nitrogens with one attached hydrogen (secondary N) is 1. The normalized spacial score (nSPS) is 13.0. The van der Waals surface area contributed by atoms with Crippen LogP contribution in [0.15, 0.2) is 11.6 Å². The van der Waals surface area contributed by atoms with Crippen LogP contribution in [-0.4, -0.2) is 23.5 Å². The summed E-state index contributed by atoms with van der Waals surface area (Å²) in [6, 6.07) is 0.461. The van der Waals surface area contributed by atoms with Gasteiger partial charge in [0, 0.05) is 11.6 Å². The Morgan fingerprint density at radius 1 is 1.64 bits per heavy atom. The van der Waals surface area contributed by atoms with Crippen molar-refractivity contribution in [2.75, 3.05) is 18.6 Å². The second-order valence-corrected chi connectivity index (χ2v) is 5.07. The van der Waals surface area contributed by atoms with Crippen LogP contribution >= 0.6 is 23.1 Å². The number of thioether (sulfide) groups is 1. The smallest absolute Gasteiger partial charge is 0.110 e. The van der Waals surface area contributed by atoms with Gasteiger partial charge >= 0.3 is 0 Å². The fourth-order valence-corrected chi connectivity index (χ4v) is 2.49. The molecule has 1 rings (SSSR count). The van der Waals surface area contributed by atoms with Gasteiger partial charge in [-0.25, -0.2) is 4.98 Å². The van der Waals surface area contributed by atoms with Gasteiger partial charge < -0.3 is 5.32 Å². The SMILES string of the molecule is CCCNC(CCSC)c1nccs1. The molecule has 0 aromatic carbocycles. The second-order valence-electron chi connectivity index (χ2n) is 3.16. The monoisotopic (exact) mass is 230 g/mol. The van der Waals surface area contributed by atoms with E-state index in [1.54, 1.807) is 11.3 Å². The first-order chi connectivity index (χ1) is 6.88. The predicted octanol–water partition coefficient (Wildman–Crippen LogP) is 2.94. The van der Waals surface area contributed by atoms with Crippen LogP contribution in [0.3, 0.4) is 0 Å². The van der Waals surface area contributed by atoms with E-state index in [-0.39, 0.29) is 0 Å². The van der Waals surface area contributed by atoms with E-state index >= 15 is 0 Å². The molecule has 1 N–H and O–H groups in total. The van der Waals surface area contributed by atoms with Crippen molar-refractivity contribution in [1.29, 1.82) is 0 Å². The molecule has 0 fully saturated rings. The molecular formula is C10H18N2S2. The van der Waals surface area contributed by atoms with Gasteiger partial charge in [-0.1, -0.05) is 6.92 Å². The van der Waals surface area contributed by atoms with Gasteiger partial charge in [-0.3, -0.25) is 0 Å². The minimum Gasteiger partial charge on any atom is -0.308 e. The van der Waals surface area contributed by atoms with Crippen LogP contribution in [0, 0.1) is 0 Å². The Balaban J connectivity index is 2.44. The molecule has 2 nitrogen and oxygen atoms in total. The summed E-state index contributed by atoms with van der Waals surface area (Å²) in [6.45, 7) is 3.28. The fraction of sp³-hybridized carbons (Fsp3) is 0.700. The number of rotatable bonds is 7. The third-order valence-electron chi connectivity index (χ3n) is 2.00. The van der Waals surface area contributed by atoms with Crippen molar-refractivity contribution in [3.8, 4) is 0 Å². The highest BCUT2D eigenvalue weighted by Crippen LogP contribution is 2.20. The van der Waals surface area contributed by atoms with E-state index in [1.165, 1.54) is 23.6 Å². The molecule has 0 radical (unpaired) electrons. The van der Waals surface area contributed by atoms with Gasteiger partial charge in [0.25, 0.3) is 0 Å². The lowest BCUT2D eigenvalue weighted by Crippen LogP contribution is -2.22. The van der Waals surface area contributed by atoms with E-state index in [9.17, 15) is 0 Å². The molecule has 0 spiro atoms. The molecule has 1 unspecified atom stereocenters. The number of hydrogen-bond acceptors (Lipinski definition) is 4. The minimum atomic E-state index is 0.461. The maximum Gasteiger partial charge on any atom is 0.110 e. The van der Waals surface area contributed by atoms with Crippen LogP contribution in [-0.2, 0) is 0 Å². The molecule has 80 valence electrons. The number of thiazole rings is 1. The molecule has 0 aliphatic rings. The molecule has 1 atom stereocenters. The molecule has 0 aliphatic carbocycles. The molecule has 0 aliphatic heterocycles. The van der Waals surface area contributed by atoms with E-state index in [0.717, 1.165) is 6.54 Å². The van der Waals surface area contributed by atoms with Gasteiger partial charge in [0.15, 0.2) is 0 Å². The Labute approximate surface area is 94.5 Å². The average Bonchev–Trinajstić information content (AvgIpc) is 2.71. The van der Waals surface area contributed by atoms with Crippen LogP contribution in [0.25, 0.3) is 0 Å². The van der Waals surface area contributed by atoms with Gasteiger partial charge in [-0.05, 0) is 31.4 Å². The zero-order chi connectivity index (χ0) is 10.2. The molecule has 1 heterocycles. The summed E-state index contributed by atoms with van der Waals surface area (Å²) in [5, 5.41) is 6.82. The molecule has 4 heteroatoms. The number of hydrogen-bond donors (Lipinski definition) is 1. The first-order valence-corrected chi connectivity index (χ1v) is 7.27. The number of nitrogens with zero attached hydrogens (tertiary/aromatic N) is 1. The Hall–Kier alpha value is -0.0600. The second kappa shape index (κ2) is 7.26. The van der Waals surface area contributed by atoms with Gasteiger partial charge in [0.05, 0.1) is 6.04 Å². The summed E-state index contributed by atoms with van der Waals surface area (Å²) in [4.78, 5) is 4.37. The molecule has 14 heavy (non-hydrogen) atoms. The standard InChI is InChI=1S/C10H18N2S2/c1-3-5-11-9(4-7-13-2)10-12-6-8-14-10/h6,8-9,11H,3-5,7H2,1-2H3.